The zero-order chi connectivity index (χ0) is 22.4. The van der Waals surface area contributed by atoms with Crippen LogP contribution in [-0.2, 0) is 13.1 Å². The molecule has 162 valence electrons. The van der Waals surface area contributed by atoms with Crippen molar-refractivity contribution in [2.45, 2.75) is 47.2 Å². The molecule has 1 aromatic heterocycles. The molecule has 0 radical (unpaired) electrons. The molecule has 0 aliphatic rings. The number of guanidine groups is 1. The summed E-state index contributed by atoms with van der Waals surface area (Å²) in [5, 5.41) is 11.3. The smallest absolute Gasteiger partial charge is 0.258 e. The molecule has 31 heavy (non-hydrogen) atoms. The molecule has 0 unspecified atom stereocenters. The number of hydrogen-bond donors (Lipinski definition) is 2. The first-order chi connectivity index (χ1) is 14.9. The quantitative estimate of drug-likeness (QED) is 0.407. The number of nitrogens with zero attached hydrogens (tertiary/aromatic N) is 3. The molecule has 0 saturated carbocycles. The molecule has 0 atom stereocenters. The second-order valence-electron chi connectivity index (χ2n) is 7.47. The van der Waals surface area contributed by atoms with Crippen molar-refractivity contribution >= 4 is 29.2 Å². The second kappa shape index (κ2) is 10.3. The zero-order valence-corrected chi connectivity index (χ0v) is 19.1. The molecular formula is C24H28ClN5O. The molecule has 0 bridgehead atoms. The van der Waals surface area contributed by atoms with Crippen LogP contribution in [-0.4, -0.2) is 21.6 Å². The van der Waals surface area contributed by atoms with Crippen molar-refractivity contribution in [2.75, 3.05) is 5.32 Å². The standard InChI is InChI=1S/C24H28ClN5O/c1-5-13-30-15-19(18(4)29-30)14-26-24(27-22-12-8-11-21(25)17(22)3)28-23(31)20-10-7-6-9-16(20)2/h6-12,15H,5,13-14H2,1-4H3,(H2,26,27,28,31). The monoisotopic (exact) mass is 437 g/mol. The van der Waals surface area contributed by atoms with Crippen molar-refractivity contribution in [2.24, 2.45) is 4.99 Å². The minimum atomic E-state index is -0.220. The summed E-state index contributed by atoms with van der Waals surface area (Å²) in [4.78, 5) is 17.6. The van der Waals surface area contributed by atoms with Gasteiger partial charge in [0, 0.05) is 34.6 Å². The summed E-state index contributed by atoms with van der Waals surface area (Å²) < 4.78 is 1.93. The van der Waals surface area contributed by atoms with Gasteiger partial charge in [-0.05, 0) is 56.5 Å². The maximum atomic E-state index is 12.9. The molecule has 3 aromatic rings. The van der Waals surface area contributed by atoms with E-state index in [9.17, 15) is 4.79 Å². The molecule has 0 aliphatic heterocycles. The molecule has 2 N–H and O–H groups in total. The normalized spacial score (nSPS) is 11.5. The third-order valence-electron chi connectivity index (χ3n) is 5.05. The minimum Gasteiger partial charge on any atom is -0.326 e. The van der Waals surface area contributed by atoms with Crippen molar-refractivity contribution in [1.82, 2.24) is 15.1 Å². The Hall–Kier alpha value is -3.12. The molecular weight excluding hydrogens is 410 g/mol. The Morgan fingerprint density at radius 2 is 1.90 bits per heavy atom. The first kappa shape index (κ1) is 22.6. The van der Waals surface area contributed by atoms with Gasteiger partial charge in [-0.15, -0.1) is 0 Å². The van der Waals surface area contributed by atoms with Crippen LogP contribution in [0.15, 0.2) is 53.7 Å². The molecule has 7 heteroatoms. The number of amides is 1. The summed E-state index contributed by atoms with van der Waals surface area (Å²) in [6.07, 6.45) is 3.02. The molecule has 1 heterocycles. The fourth-order valence-electron chi connectivity index (χ4n) is 3.21. The maximum absolute atomic E-state index is 12.9. The number of nitrogens with one attached hydrogen (secondary N) is 2. The average molecular weight is 438 g/mol. The predicted molar refractivity (Wildman–Crippen MR) is 127 cm³/mol. The van der Waals surface area contributed by atoms with Crippen molar-refractivity contribution in [1.29, 1.82) is 0 Å². The fraction of sp³-hybridized carbons (Fsp3) is 0.292. The van der Waals surface area contributed by atoms with E-state index in [0.29, 0.717) is 23.1 Å². The summed E-state index contributed by atoms with van der Waals surface area (Å²) in [5.41, 5.74) is 5.12. The van der Waals surface area contributed by atoms with Gasteiger partial charge in [0.15, 0.2) is 0 Å². The first-order valence-corrected chi connectivity index (χ1v) is 10.7. The Morgan fingerprint density at radius 3 is 2.65 bits per heavy atom. The van der Waals surface area contributed by atoms with Crippen molar-refractivity contribution in [3.05, 3.63) is 81.6 Å². The maximum Gasteiger partial charge on any atom is 0.258 e. The molecule has 6 nitrogen and oxygen atoms in total. The number of aliphatic imine (C=N–C) groups is 1. The lowest BCUT2D eigenvalue weighted by molar-refractivity contribution is 0.0976. The number of aryl methyl sites for hydroxylation is 3. The summed E-state index contributed by atoms with van der Waals surface area (Å²) in [5.74, 6) is 0.142. The van der Waals surface area contributed by atoms with E-state index in [-0.39, 0.29) is 5.91 Å². The number of benzene rings is 2. The van der Waals surface area contributed by atoms with Crippen LogP contribution in [0.25, 0.3) is 0 Å². The predicted octanol–water partition coefficient (Wildman–Crippen LogP) is 5.27. The van der Waals surface area contributed by atoms with Gasteiger partial charge in [-0.3, -0.25) is 14.8 Å². The Kier molecular flexibility index (Phi) is 7.47. The van der Waals surface area contributed by atoms with Crippen LogP contribution >= 0.6 is 11.6 Å². The highest BCUT2D eigenvalue weighted by atomic mass is 35.5. The van der Waals surface area contributed by atoms with Gasteiger partial charge in [0.2, 0.25) is 5.96 Å². The molecule has 0 aliphatic carbocycles. The Morgan fingerprint density at radius 1 is 1.13 bits per heavy atom. The van der Waals surface area contributed by atoms with Gasteiger partial charge in [-0.1, -0.05) is 42.8 Å². The summed E-state index contributed by atoms with van der Waals surface area (Å²) in [6.45, 7) is 9.17. The Bertz CT molecular complexity index is 1100. The molecule has 2 aromatic carbocycles. The van der Waals surface area contributed by atoms with E-state index >= 15 is 0 Å². The Labute approximate surface area is 188 Å². The molecule has 1 amide bonds. The van der Waals surface area contributed by atoms with Gasteiger partial charge in [0.05, 0.1) is 12.2 Å². The van der Waals surface area contributed by atoms with Crippen LogP contribution in [0.5, 0.6) is 0 Å². The largest absolute Gasteiger partial charge is 0.326 e. The molecule has 0 spiro atoms. The van der Waals surface area contributed by atoms with Crippen LogP contribution in [0.2, 0.25) is 5.02 Å². The van der Waals surface area contributed by atoms with E-state index in [1.807, 2.05) is 68.0 Å². The third kappa shape index (κ3) is 5.73. The van der Waals surface area contributed by atoms with Crippen LogP contribution < -0.4 is 10.6 Å². The van der Waals surface area contributed by atoms with Crippen LogP contribution in [0.1, 0.15) is 46.1 Å². The van der Waals surface area contributed by atoms with Crippen LogP contribution in [0.3, 0.4) is 0 Å². The lowest BCUT2D eigenvalue weighted by Gasteiger charge is -2.15. The van der Waals surface area contributed by atoms with Gasteiger partial charge in [-0.2, -0.15) is 5.10 Å². The summed E-state index contributed by atoms with van der Waals surface area (Å²) in [6, 6.07) is 13.1. The van der Waals surface area contributed by atoms with E-state index in [0.717, 1.165) is 41.0 Å². The lowest BCUT2D eigenvalue weighted by Crippen LogP contribution is -2.36. The SMILES string of the molecule is CCCn1cc(CN=C(NC(=O)c2ccccc2C)Nc2cccc(Cl)c2C)c(C)n1. The summed E-state index contributed by atoms with van der Waals surface area (Å²) in [7, 11) is 0. The molecule has 0 saturated heterocycles. The number of rotatable bonds is 6. The second-order valence-corrected chi connectivity index (χ2v) is 7.88. The van der Waals surface area contributed by atoms with Crippen LogP contribution in [0, 0.1) is 20.8 Å². The van der Waals surface area contributed by atoms with Gasteiger partial charge in [-0.25, -0.2) is 4.99 Å². The Balaban J connectivity index is 1.88. The zero-order valence-electron chi connectivity index (χ0n) is 18.4. The highest BCUT2D eigenvalue weighted by Crippen LogP contribution is 2.23. The number of carbonyl (C=O) groups is 1. The number of anilines is 1. The van der Waals surface area contributed by atoms with Crippen molar-refractivity contribution < 1.29 is 4.79 Å². The number of halogens is 1. The highest BCUT2D eigenvalue weighted by Gasteiger charge is 2.13. The lowest BCUT2D eigenvalue weighted by atomic mass is 10.1. The summed E-state index contributed by atoms with van der Waals surface area (Å²) >= 11 is 6.27. The van der Waals surface area contributed by atoms with Crippen LogP contribution in [0.4, 0.5) is 5.69 Å². The highest BCUT2D eigenvalue weighted by molar-refractivity contribution is 6.31. The van der Waals surface area contributed by atoms with E-state index in [2.05, 4.69) is 27.6 Å². The first-order valence-electron chi connectivity index (χ1n) is 10.4. The topological polar surface area (TPSA) is 71.3 Å². The van der Waals surface area contributed by atoms with E-state index < -0.39 is 0 Å². The fourth-order valence-corrected chi connectivity index (χ4v) is 3.38. The number of aromatic nitrogens is 2. The molecule has 3 rings (SSSR count). The number of hydrogen-bond acceptors (Lipinski definition) is 3. The van der Waals surface area contributed by atoms with Crippen molar-refractivity contribution in [3.63, 3.8) is 0 Å². The molecule has 0 fully saturated rings. The number of carbonyl (C=O) groups excluding carboxylic acids is 1. The third-order valence-corrected chi connectivity index (χ3v) is 5.46. The van der Waals surface area contributed by atoms with Crippen molar-refractivity contribution in [3.8, 4) is 0 Å². The minimum absolute atomic E-state index is 0.220. The average Bonchev–Trinajstić information content (AvgIpc) is 3.09. The van der Waals surface area contributed by atoms with Gasteiger partial charge in [0.25, 0.3) is 5.91 Å². The van der Waals surface area contributed by atoms with Gasteiger partial charge >= 0.3 is 0 Å². The van der Waals surface area contributed by atoms with E-state index in [1.165, 1.54) is 0 Å². The van der Waals surface area contributed by atoms with Gasteiger partial charge < -0.3 is 5.32 Å². The van der Waals surface area contributed by atoms with E-state index in [4.69, 9.17) is 11.6 Å². The van der Waals surface area contributed by atoms with Gasteiger partial charge in [0.1, 0.15) is 0 Å². The van der Waals surface area contributed by atoms with E-state index in [1.54, 1.807) is 6.07 Å².